The summed E-state index contributed by atoms with van der Waals surface area (Å²) in [6.07, 6.45) is 2.99. The predicted octanol–water partition coefficient (Wildman–Crippen LogP) is 1.58. The number of benzene rings is 1. The standard InChI is InChI=1S/C16H25N3O2/c1-21-10-9-19(15-5-6-15)8-7-16(20)18-14-4-2-3-13(11-14)12-17/h2-4,11,15H,5-10,12,17H2,1H3,(H,18,20). The number of methoxy groups -OCH3 is 1. The van der Waals surface area contributed by atoms with E-state index in [4.69, 9.17) is 10.5 Å². The van der Waals surface area contributed by atoms with Gasteiger partial charge in [0.1, 0.15) is 0 Å². The summed E-state index contributed by atoms with van der Waals surface area (Å²) in [6.45, 7) is 2.89. The molecule has 1 aromatic rings. The van der Waals surface area contributed by atoms with E-state index in [9.17, 15) is 4.79 Å². The molecule has 21 heavy (non-hydrogen) atoms. The van der Waals surface area contributed by atoms with Crippen LogP contribution in [0.15, 0.2) is 24.3 Å². The number of nitrogens with two attached hydrogens (primary N) is 1. The molecule has 1 amide bonds. The van der Waals surface area contributed by atoms with Crippen molar-refractivity contribution in [3.63, 3.8) is 0 Å². The van der Waals surface area contributed by atoms with Crippen molar-refractivity contribution in [2.75, 3.05) is 32.1 Å². The Morgan fingerprint density at radius 1 is 1.43 bits per heavy atom. The van der Waals surface area contributed by atoms with Crippen LogP contribution in [0, 0.1) is 0 Å². The molecule has 0 radical (unpaired) electrons. The molecular weight excluding hydrogens is 266 g/mol. The number of anilines is 1. The van der Waals surface area contributed by atoms with E-state index in [0.717, 1.165) is 30.9 Å². The smallest absolute Gasteiger partial charge is 0.225 e. The van der Waals surface area contributed by atoms with Gasteiger partial charge < -0.3 is 15.8 Å². The van der Waals surface area contributed by atoms with Crippen molar-refractivity contribution in [3.8, 4) is 0 Å². The Hall–Kier alpha value is -1.43. The molecule has 3 N–H and O–H groups in total. The number of ether oxygens (including phenoxy) is 1. The maximum absolute atomic E-state index is 12.0. The molecule has 1 aromatic carbocycles. The van der Waals surface area contributed by atoms with Gasteiger partial charge in [-0.2, -0.15) is 0 Å². The van der Waals surface area contributed by atoms with Gasteiger partial charge in [0.05, 0.1) is 6.61 Å². The van der Waals surface area contributed by atoms with Crippen LogP contribution in [0.4, 0.5) is 5.69 Å². The van der Waals surface area contributed by atoms with Crippen molar-refractivity contribution >= 4 is 11.6 Å². The van der Waals surface area contributed by atoms with Crippen molar-refractivity contribution in [3.05, 3.63) is 29.8 Å². The predicted molar refractivity (Wildman–Crippen MR) is 84.1 cm³/mol. The first kappa shape index (κ1) is 15.9. The lowest BCUT2D eigenvalue weighted by Crippen LogP contribution is -2.32. The number of carbonyl (C=O) groups is 1. The summed E-state index contributed by atoms with van der Waals surface area (Å²) in [5, 5.41) is 2.94. The maximum atomic E-state index is 12.0. The summed E-state index contributed by atoms with van der Waals surface area (Å²) in [6, 6.07) is 8.32. The Labute approximate surface area is 126 Å². The molecule has 0 heterocycles. The molecule has 1 aliphatic rings. The number of nitrogens with one attached hydrogen (secondary N) is 1. The molecule has 5 heteroatoms. The molecule has 0 unspecified atom stereocenters. The van der Waals surface area contributed by atoms with Crippen molar-refractivity contribution in [2.24, 2.45) is 5.73 Å². The van der Waals surface area contributed by atoms with Crippen LogP contribution in [0.2, 0.25) is 0 Å². The molecule has 1 fully saturated rings. The summed E-state index contributed by atoms with van der Waals surface area (Å²) in [7, 11) is 1.71. The van der Waals surface area contributed by atoms with Gasteiger partial charge in [-0.25, -0.2) is 0 Å². The zero-order chi connectivity index (χ0) is 15.1. The molecule has 5 nitrogen and oxygen atoms in total. The molecule has 0 atom stereocenters. The van der Waals surface area contributed by atoms with E-state index in [1.54, 1.807) is 7.11 Å². The summed E-state index contributed by atoms with van der Waals surface area (Å²) < 4.78 is 5.12. The van der Waals surface area contributed by atoms with E-state index in [2.05, 4.69) is 10.2 Å². The highest BCUT2D eigenvalue weighted by Gasteiger charge is 2.28. The number of hydrogen-bond acceptors (Lipinski definition) is 4. The Bertz CT molecular complexity index is 461. The minimum atomic E-state index is 0.0484. The van der Waals surface area contributed by atoms with Gasteiger partial charge in [0.15, 0.2) is 0 Å². The van der Waals surface area contributed by atoms with Crippen LogP contribution in [0.25, 0.3) is 0 Å². The van der Waals surface area contributed by atoms with Crippen LogP contribution >= 0.6 is 0 Å². The molecular formula is C16H25N3O2. The minimum Gasteiger partial charge on any atom is -0.383 e. The van der Waals surface area contributed by atoms with E-state index >= 15 is 0 Å². The van der Waals surface area contributed by atoms with Crippen molar-refractivity contribution < 1.29 is 9.53 Å². The Balaban J connectivity index is 1.77. The molecule has 116 valence electrons. The fraction of sp³-hybridized carbons (Fsp3) is 0.562. The van der Waals surface area contributed by atoms with Gasteiger partial charge in [-0.3, -0.25) is 9.69 Å². The molecule has 2 rings (SSSR count). The summed E-state index contributed by atoms with van der Waals surface area (Å²) in [5.41, 5.74) is 7.44. The van der Waals surface area contributed by atoms with Crippen molar-refractivity contribution in [1.29, 1.82) is 0 Å². The third-order valence-electron chi connectivity index (χ3n) is 3.72. The van der Waals surface area contributed by atoms with Crippen LogP contribution in [-0.2, 0) is 16.1 Å². The minimum absolute atomic E-state index is 0.0484. The average molecular weight is 291 g/mol. The average Bonchev–Trinajstić information content (AvgIpc) is 3.32. The van der Waals surface area contributed by atoms with Crippen LogP contribution in [0.3, 0.4) is 0 Å². The van der Waals surface area contributed by atoms with Crippen LogP contribution in [-0.4, -0.2) is 43.7 Å². The number of carbonyl (C=O) groups excluding carboxylic acids is 1. The SMILES string of the molecule is COCCN(CCC(=O)Nc1cccc(CN)c1)C1CC1. The molecule has 0 aromatic heterocycles. The highest BCUT2D eigenvalue weighted by atomic mass is 16.5. The highest BCUT2D eigenvalue weighted by molar-refractivity contribution is 5.90. The van der Waals surface area contributed by atoms with Crippen molar-refractivity contribution in [1.82, 2.24) is 4.90 Å². The van der Waals surface area contributed by atoms with Crippen LogP contribution < -0.4 is 11.1 Å². The fourth-order valence-electron chi connectivity index (χ4n) is 2.37. The number of amides is 1. The zero-order valence-corrected chi connectivity index (χ0v) is 12.7. The Morgan fingerprint density at radius 2 is 2.24 bits per heavy atom. The monoisotopic (exact) mass is 291 g/mol. The Morgan fingerprint density at radius 3 is 2.90 bits per heavy atom. The third-order valence-corrected chi connectivity index (χ3v) is 3.72. The van der Waals surface area contributed by atoms with Gasteiger partial charge in [0.2, 0.25) is 5.91 Å². The van der Waals surface area contributed by atoms with Gasteiger partial charge in [0, 0.05) is 44.9 Å². The van der Waals surface area contributed by atoms with E-state index in [1.165, 1.54) is 12.8 Å². The second-order valence-electron chi connectivity index (χ2n) is 5.46. The number of hydrogen-bond donors (Lipinski definition) is 2. The first-order valence-corrected chi connectivity index (χ1v) is 7.54. The molecule has 0 saturated heterocycles. The zero-order valence-electron chi connectivity index (χ0n) is 12.7. The molecule has 1 aliphatic carbocycles. The van der Waals surface area contributed by atoms with Gasteiger partial charge in [-0.1, -0.05) is 12.1 Å². The number of nitrogens with zero attached hydrogens (tertiary/aromatic N) is 1. The van der Waals surface area contributed by atoms with Gasteiger partial charge in [0.25, 0.3) is 0 Å². The molecule has 0 bridgehead atoms. The van der Waals surface area contributed by atoms with E-state index < -0.39 is 0 Å². The normalized spacial score (nSPS) is 14.4. The lowest BCUT2D eigenvalue weighted by molar-refractivity contribution is -0.116. The van der Waals surface area contributed by atoms with Gasteiger partial charge in [-0.05, 0) is 30.5 Å². The van der Waals surface area contributed by atoms with Gasteiger partial charge >= 0.3 is 0 Å². The second kappa shape index (κ2) is 8.12. The van der Waals surface area contributed by atoms with E-state index in [-0.39, 0.29) is 5.91 Å². The fourth-order valence-corrected chi connectivity index (χ4v) is 2.37. The lowest BCUT2D eigenvalue weighted by atomic mass is 10.2. The number of rotatable bonds is 9. The summed E-state index contributed by atoms with van der Waals surface area (Å²) in [4.78, 5) is 14.4. The Kier molecular flexibility index (Phi) is 6.17. The lowest BCUT2D eigenvalue weighted by Gasteiger charge is -2.21. The summed E-state index contributed by atoms with van der Waals surface area (Å²) >= 11 is 0. The molecule has 0 aliphatic heterocycles. The largest absolute Gasteiger partial charge is 0.383 e. The molecule has 1 saturated carbocycles. The van der Waals surface area contributed by atoms with E-state index in [1.807, 2.05) is 24.3 Å². The van der Waals surface area contributed by atoms with E-state index in [0.29, 0.717) is 19.0 Å². The van der Waals surface area contributed by atoms with Crippen molar-refractivity contribution in [2.45, 2.75) is 31.8 Å². The quantitative estimate of drug-likeness (QED) is 0.725. The summed E-state index contributed by atoms with van der Waals surface area (Å²) in [5.74, 6) is 0.0484. The first-order chi connectivity index (χ1) is 10.2. The van der Waals surface area contributed by atoms with Crippen LogP contribution in [0.1, 0.15) is 24.8 Å². The van der Waals surface area contributed by atoms with Crippen LogP contribution in [0.5, 0.6) is 0 Å². The highest BCUT2D eigenvalue weighted by Crippen LogP contribution is 2.26. The topological polar surface area (TPSA) is 67.6 Å². The second-order valence-corrected chi connectivity index (χ2v) is 5.46. The van der Waals surface area contributed by atoms with Gasteiger partial charge in [-0.15, -0.1) is 0 Å². The third kappa shape index (κ3) is 5.46. The maximum Gasteiger partial charge on any atom is 0.225 e. The first-order valence-electron chi connectivity index (χ1n) is 7.54. The molecule has 0 spiro atoms.